The fourth-order valence-electron chi connectivity index (χ4n) is 14.1. The summed E-state index contributed by atoms with van der Waals surface area (Å²) in [7, 11) is 0. The molecule has 1 heteroatoms. The molecule has 12 rings (SSSR count). The van der Waals surface area contributed by atoms with Crippen molar-refractivity contribution in [2.45, 2.75) is 82.0 Å². The lowest BCUT2D eigenvalue weighted by atomic mass is 9.50. The first-order valence-corrected chi connectivity index (χ1v) is 21.6. The number of fused-ring (bicyclic) bond motifs is 16. The van der Waals surface area contributed by atoms with Crippen molar-refractivity contribution in [3.8, 4) is 33.4 Å². The van der Waals surface area contributed by atoms with Crippen LogP contribution in [-0.2, 0) is 10.8 Å². The summed E-state index contributed by atoms with van der Waals surface area (Å²) >= 11 is 0. The van der Waals surface area contributed by atoms with E-state index >= 15 is 0 Å². The zero-order valence-corrected chi connectivity index (χ0v) is 32.2. The van der Waals surface area contributed by atoms with Crippen LogP contribution >= 0.6 is 0 Å². The summed E-state index contributed by atoms with van der Waals surface area (Å²) in [4.78, 5) is 2.60. The van der Waals surface area contributed by atoms with E-state index in [2.05, 4.69) is 151 Å². The highest BCUT2D eigenvalue weighted by molar-refractivity contribution is 5.90. The minimum Gasteiger partial charge on any atom is -0.310 e. The molecule has 6 aromatic carbocycles. The van der Waals surface area contributed by atoms with Crippen molar-refractivity contribution in [2.75, 3.05) is 4.90 Å². The van der Waals surface area contributed by atoms with Crippen LogP contribution in [0.3, 0.4) is 0 Å². The molecule has 55 heavy (non-hydrogen) atoms. The molecule has 0 N–H and O–H groups in total. The highest BCUT2D eigenvalue weighted by Gasteiger charge is 2.58. The van der Waals surface area contributed by atoms with Gasteiger partial charge in [-0.15, -0.1) is 0 Å². The summed E-state index contributed by atoms with van der Waals surface area (Å²) < 4.78 is 0. The summed E-state index contributed by atoms with van der Waals surface area (Å²) in [6.07, 6.45) is 13.7. The highest BCUT2D eigenvalue weighted by Crippen LogP contribution is 2.67. The molecule has 0 radical (unpaired) electrons. The largest absolute Gasteiger partial charge is 0.310 e. The Morgan fingerprint density at radius 3 is 2.00 bits per heavy atom. The number of hydrogen-bond donors (Lipinski definition) is 0. The number of nitrogens with zero attached hydrogens (tertiary/aromatic N) is 1. The Morgan fingerprint density at radius 1 is 0.491 bits per heavy atom. The van der Waals surface area contributed by atoms with Gasteiger partial charge in [0.05, 0.1) is 0 Å². The summed E-state index contributed by atoms with van der Waals surface area (Å²) in [5.74, 6) is 3.91. The van der Waals surface area contributed by atoms with E-state index in [1.54, 1.807) is 22.3 Å². The molecule has 6 aliphatic carbocycles. The summed E-state index contributed by atoms with van der Waals surface area (Å²) in [6, 6.07) is 54.4. The SMILES string of the molecule is CCC1CC2CCCC(C2)C12c1ccccc1-c1cc(N(c3cccc(-c4ccccc4)c3)c3ccc4c(c3)C3(CC5CCC3C5)c3ccccc3-4)ccc12. The second-order valence-corrected chi connectivity index (χ2v) is 18.3. The molecular formula is C54H51N. The molecule has 0 aromatic heterocycles. The zero-order chi connectivity index (χ0) is 36.3. The van der Waals surface area contributed by atoms with Crippen molar-refractivity contribution in [3.05, 3.63) is 162 Å². The fraction of sp³-hybridized carbons (Fsp3) is 0.333. The molecule has 7 atom stereocenters. The van der Waals surface area contributed by atoms with Crippen molar-refractivity contribution in [2.24, 2.45) is 29.6 Å². The first-order chi connectivity index (χ1) is 27.2. The Balaban J connectivity index is 1.07. The number of anilines is 3. The van der Waals surface area contributed by atoms with Crippen molar-refractivity contribution < 1.29 is 0 Å². The smallest absolute Gasteiger partial charge is 0.0468 e. The van der Waals surface area contributed by atoms with Crippen LogP contribution in [0, 0.1) is 29.6 Å². The molecule has 0 heterocycles. The minimum atomic E-state index is 0.127. The van der Waals surface area contributed by atoms with Crippen LogP contribution in [0.2, 0.25) is 0 Å². The van der Waals surface area contributed by atoms with Gasteiger partial charge >= 0.3 is 0 Å². The molecule has 4 fully saturated rings. The van der Waals surface area contributed by atoms with Crippen molar-refractivity contribution in [1.29, 1.82) is 0 Å². The average molecular weight is 714 g/mol. The third kappa shape index (κ3) is 4.42. The third-order valence-electron chi connectivity index (χ3n) is 16.1. The zero-order valence-electron chi connectivity index (χ0n) is 32.2. The maximum atomic E-state index is 2.63. The quantitative estimate of drug-likeness (QED) is 0.172. The van der Waals surface area contributed by atoms with Crippen molar-refractivity contribution in [1.82, 2.24) is 0 Å². The third-order valence-corrected chi connectivity index (χ3v) is 16.1. The van der Waals surface area contributed by atoms with Crippen LogP contribution < -0.4 is 4.90 Å². The van der Waals surface area contributed by atoms with Gasteiger partial charge in [-0.3, -0.25) is 0 Å². The predicted molar refractivity (Wildman–Crippen MR) is 228 cm³/mol. The van der Waals surface area contributed by atoms with Gasteiger partial charge in [0.2, 0.25) is 0 Å². The molecule has 6 aliphatic rings. The molecule has 272 valence electrons. The van der Waals surface area contributed by atoms with E-state index in [0.29, 0.717) is 5.92 Å². The maximum Gasteiger partial charge on any atom is 0.0468 e. The molecule has 7 unspecified atom stereocenters. The van der Waals surface area contributed by atoms with Crippen LogP contribution in [-0.4, -0.2) is 0 Å². The van der Waals surface area contributed by atoms with E-state index < -0.39 is 0 Å². The van der Waals surface area contributed by atoms with Crippen LogP contribution in [0.1, 0.15) is 93.4 Å². The Bertz CT molecular complexity index is 2470. The van der Waals surface area contributed by atoms with E-state index in [-0.39, 0.29) is 10.8 Å². The van der Waals surface area contributed by atoms with E-state index in [1.165, 1.54) is 115 Å². The lowest BCUT2D eigenvalue weighted by Gasteiger charge is -2.54. The lowest BCUT2D eigenvalue weighted by molar-refractivity contribution is 0.0557. The van der Waals surface area contributed by atoms with Gasteiger partial charge < -0.3 is 4.90 Å². The molecule has 2 spiro atoms. The minimum absolute atomic E-state index is 0.127. The second-order valence-electron chi connectivity index (χ2n) is 18.3. The van der Waals surface area contributed by atoms with E-state index in [9.17, 15) is 0 Å². The van der Waals surface area contributed by atoms with E-state index in [0.717, 1.165) is 23.7 Å². The van der Waals surface area contributed by atoms with Gasteiger partial charge in [-0.05, 0) is 160 Å². The summed E-state index contributed by atoms with van der Waals surface area (Å²) in [6.45, 7) is 2.47. The number of benzene rings is 6. The lowest BCUT2D eigenvalue weighted by Crippen LogP contribution is -2.48. The van der Waals surface area contributed by atoms with Crippen LogP contribution in [0.5, 0.6) is 0 Å². The van der Waals surface area contributed by atoms with Gasteiger partial charge in [-0.1, -0.05) is 136 Å². The fourth-order valence-corrected chi connectivity index (χ4v) is 14.1. The average Bonchev–Trinajstić information content (AvgIpc) is 4.00. The van der Waals surface area contributed by atoms with Crippen LogP contribution in [0.25, 0.3) is 33.4 Å². The Morgan fingerprint density at radius 2 is 1.18 bits per heavy atom. The highest BCUT2D eigenvalue weighted by atomic mass is 15.1. The molecule has 1 nitrogen and oxygen atoms in total. The molecule has 0 saturated heterocycles. The molecule has 6 aromatic rings. The van der Waals surface area contributed by atoms with Gasteiger partial charge in [-0.25, -0.2) is 0 Å². The number of hydrogen-bond acceptors (Lipinski definition) is 1. The Labute approximate surface area is 327 Å². The maximum absolute atomic E-state index is 2.63. The van der Waals surface area contributed by atoms with Gasteiger partial charge in [0, 0.05) is 27.9 Å². The van der Waals surface area contributed by atoms with Crippen LogP contribution in [0.15, 0.2) is 140 Å². The van der Waals surface area contributed by atoms with Crippen molar-refractivity contribution >= 4 is 17.1 Å². The molecule has 0 amide bonds. The Hall–Kier alpha value is -4.88. The standard InChI is InChI=1S/C54H51N/c1-2-39-28-35-12-10-16-41(29-35)54(39)50-21-9-7-19-46(50)48-32-43(25-27-51(48)54)55(42-17-11-15-38(31-42)37-13-4-3-5-14-37)44-24-26-47-45-18-6-8-20-49(45)53(52(47)33-44)34-36-22-23-40(53)30-36/h3-9,11,13-15,17-21,24-27,31-33,35-36,39-41H,2,10,12,16,22-23,28-30,34H2,1H3. The molecule has 4 bridgehead atoms. The van der Waals surface area contributed by atoms with Crippen LogP contribution in [0.4, 0.5) is 17.1 Å². The molecule has 4 saturated carbocycles. The predicted octanol–water partition coefficient (Wildman–Crippen LogP) is 14.4. The summed E-state index contributed by atoms with van der Waals surface area (Å²) in [5, 5.41) is 0. The monoisotopic (exact) mass is 713 g/mol. The normalized spacial score (nSPS) is 28.9. The molecular weight excluding hydrogens is 663 g/mol. The van der Waals surface area contributed by atoms with E-state index in [4.69, 9.17) is 0 Å². The van der Waals surface area contributed by atoms with Gasteiger partial charge in [0.1, 0.15) is 0 Å². The first-order valence-electron chi connectivity index (χ1n) is 21.6. The second kappa shape index (κ2) is 12.1. The van der Waals surface area contributed by atoms with Crippen molar-refractivity contribution in [3.63, 3.8) is 0 Å². The van der Waals surface area contributed by atoms with Gasteiger partial charge in [-0.2, -0.15) is 0 Å². The molecule has 0 aliphatic heterocycles. The topological polar surface area (TPSA) is 3.24 Å². The number of rotatable bonds is 5. The van der Waals surface area contributed by atoms with Gasteiger partial charge in [0.25, 0.3) is 0 Å². The summed E-state index contributed by atoms with van der Waals surface area (Å²) in [5.41, 5.74) is 18.8. The first kappa shape index (κ1) is 32.4. The van der Waals surface area contributed by atoms with Gasteiger partial charge in [0.15, 0.2) is 0 Å². The Kier molecular flexibility index (Phi) is 7.10. The van der Waals surface area contributed by atoms with E-state index in [1.807, 2.05) is 0 Å².